The van der Waals surface area contributed by atoms with Crippen molar-refractivity contribution in [3.8, 4) is 0 Å². The maximum absolute atomic E-state index is 11.9. The molecule has 1 N–H and O–H groups in total. The number of nitrogens with one attached hydrogen (secondary N) is 1. The van der Waals surface area contributed by atoms with E-state index in [1.54, 1.807) is 12.3 Å². The van der Waals surface area contributed by atoms with Crippen LogP contribution >= 0.6 is 15.9 Å². The minimum absolute atomic E-state index is 0.192. The van der Waals surface area contributed by atoms with Gasteiger partial charge in [0.2, 0.25) is 0 Å². The molecule has 1 fully saturated rings. The number of hydrogen-bond acceptors (Lipinski definition) is 6. The molecule has 2 heterocycles. The summed E-state index contributed by atoms with van der Waals surface area (Å²) >= 11 is 3.49. The molecule has 7 heteroatoms. The molecule has 1 aromatic carbocycles. The standard InChI is InChI=1S/C16H13BrN2O4/c1-16(2)22-14(20)10(15(21)23-16)8-19-12-6-5-11-9(13(12)17)4-3-7-18-11/h3-8,19H,1-2H3. The van der Waals surface area contributed by atoms with Gasteiger partial charge in [0.15, 0.2) is 5.57 Å². The maximum atomic E-state index is 11.9. The zero-order valence-electron chi connectivity index (χ0n) is 12.4. The summed E-state index contributed by atoms with van der Waals surface area (Å²) in [6.07, 6.45) is 2.99. The molecule has 0 saturated carbocycles. The van der Waals surface area contributed by atoms with Gasteiger partial charge in [-0.15, -0.1) is 0 Å². The number of cyclic esters (lactones) is 2. The van der Waals surface area contributed by atoms with Crippen LogP contribution in [0.25, 0.3) is 10.9 Å². The largest absolute Gasteiger partial charge is 0.419 e. The lowest BCUT2D eigenvalue weighted by Gasteiger charge is -2.29. The number of pyridine rings is 1. The van der Waals surface area contributed by atoms with Crippen LogP contribution in [0.15, 0.2) is 46.7 Å². The number of carbonyl (C=O) groups is 2. The number of fused-ring (bicyclic) bond motifs is 1. The van der Waals surface area contributed by atoms with Gasteiger partial charge in [0.1, 0.15) is 0 Å². The molecule has 1 aliphatic heterocycles. The smallest absolute Gasteiger partial charge is 0.350 e. The average Bonchev–Trinajstić information content (AvgIpc) is 2.47. The third-order valence-electron chi connectivity index (χ3n) is 3.21. The van der Waals surface area contributed by atoms with Crippen molar-refractivity contribution in [2.45, 2.75) is 19.6 Å². The van der Waals surface area contributed by atoms with Crippen molar-refractivity contribution in [3.05, 3.63) is 46.7 Å². The molecule has 1 aliphatic rings. The SMILES string of the molecule is CC1(C)OC(=O)C(=CNc2ccc3ncccc3c2Br)C(=O)O1. The summed E-state index contributed by atoms with van der Waals surface area (Å²) < 4.78 is 10.8. The first-order valence-electron chi connectivity index (χ1n) is 6.84. The average molecular weight is 377 g/mol. The third-order valence-corrected chi connectivity index (χ3v) is 4.06. The molecule has 1 saturated heterocycles. The number of esters is 2. The lowest BCUT2D eigenvalue weighted by atomic mass is 10.2. The molecule has 0 radical (unpaired) electrons. The zero-order chi connectivity index (χ0) is 16.6. The van der Waals surface area contributed by atoms with E-state index in [-0.39, 0.29) is 5.57 Å². The van der Waals surface area contributed by atoms with E-state index in [1.807, 2.05) is 18.2 Å². The fourth-order valence-corrected chi connectivity index (χ4v) is 2.74. The number of ether oxygens (including phenoxy) is 2. The summed E-state index contributed by atoms with van der Waals surface area (Å²) in [7, 11) is 0. The molecule has 3 rings (SSSR count). The lowest BCUT2D eigenvalue weighted by molar-refractivity contribution is -0.222. The minimum Gasteiger partial charge on any atom is -0.419 e. The summed E-state index contributed by atoms with van der Waals surface area (Å²) in [5, 5.41) is 3.83. The molecule has 6 nitrogen and oxygen atoms in total. The Morgan fingerprint density at radius 1 is 1.17 bits per heavy atom. The van der Waals surface area contributed by atoms with Crippen LogP contribution in [-0.4, -0.2) is 22.7 Å². The number of benzene rings is 1. The maximum Gasteiger partial charge on any atom is 0.350 e. The third kappa shape index (κ3) is 3.05. The van der Waals surface area contributed by atoms with Gasteiger partial charge >= 0.3 is 11.9 Å². The first kappa shape index (κ1) is 15.5. The van der Waals surface area contributed by atoms with E-state index in [0.29, 0.717) is 5.69 Å². The highest BCUT2D eigenvalue weighted by atomic mass is 79.9. The Morgan fingerprint density at radius 2 is 1.87 bits per heavy atom. The van der Waals surface area contributed by atoms with Crippen molar-refractivity contribution < 1.29 is 19.1 Å². The highest BCUT2D eigenvalue weighted by Gasteiger charge is 2.38. The van der Waals surface area contributed by atoms with Gasteiger partial charge in [0, 0.05) is 31.6 Å². The van der Waals surface area contributed by atoms with Crippen LogP contribution in [0, 0.1) is 0 Å². The molecule has 0 spiro atoms. The monoisotopic (exact) mass is 376 g/mol. The molecule has 2 aromatic rings. The second-order valence-corrected chi connectivity index (χ2v) is 6.17. The number of halogens is 1. The van der Waals surface area contributed by atoms with Crippen LogP contribution in [0.5, 0.6) is 0 Å². The summed E-state index contributed by atoms with van der Waals surface area (Å²) in [6, 6.07) is 7.37. The minimum atomic E-state index is -1.25. The molecule has 0 amide bonds. The van der Waals surface area contributed by atoms with E-state index < -0.39 is 17.7 Å². The summed E-state index contributed by atoms with van der Waals surface area (Å²) in [5.41, 5.74) is 1.32. The molecular formula is C16H13BrN2O4. The molecule has 0 atom stereocenters. The summed E-state index contributed by atoms with van der Waals surface area (Å²) in [5.74, 6) is -2.70. The van der Waals surface area contributed by atoms with E-state index in [4.69, 9.17) is 9.47 Å². The van der Waals surface area contributed by atoms with Gasteiger partial charge < -0.3 is 14.8 Å². The van der Waals surface area contributed by atoms with Gasteiger partial charge in [-0.3, -0.25) is 4.98 Å². The van der Waals surface area contributed by atoms with Gasteiger partial charge in [-0.1, -0.05) is 6.07 Å². The fraction of sp³-hybridized carbons (Fsp3) is 0.188. The molecule has 0 unspecified atom stereocenters. The predicted molar refractivity (Wildman–Crippen MR) is 87.4 cm³/mol. The van der Waals surface area contributed by atoms with Gasteiger partial charge in [-0.05, 0) is 34.1 Å². The van der Waals surface area contributed by atoms with E-state index in [0.717, 1.165) is 15.4 Å². The van der Waals surface area contributed by atoms with Crippen molar-refractivity contribution >= 4 is 44.5 Å². The highest BCUT2D eigenvalue weighted by molar-refractivity contribution is 9.10. The second kappa shape index (κ2) is 5.66. The van der Waals surface area contributed by atoms with Crippen LogP contribution in [0.4, 0.5) is 5.69 Å². The summed E-state index contributed by atoms with van der Waals surface area (Å²) in [4.78, 5) is 28.0. The Balaban J connectivity index is 1.90. The van der Waals surface area contributed by atoms with E-state index in [1.165, 1.54) is 20.0 Å². The van der Waals surface area contributed by atoms with Crippen LogP contribution < -0.4 is 5.32 Å². The van der Waals surface area contributed by atoms with E-state index in [9.17, 15) is 9.59 Å². The fourth-order valence-electron chi connectivity index (χ4n) is 2.16. The molecule has 23 heavy (non-hydrogen) atoms. The van der Waals surface area contributed by atoms with Crippen molar-refractivity contribution in [1.82, 2.24) is 4.98 Å². The Labute approximate surface area is 140 Å². The van der Waals surface area contributed by atoms with Crippen LogP contribution in [0.2, 0.25) is 0 Å². The van der Waals surface area contributed by atoms with Crippen molar-refractivity contribution in [2.75, 3.05) is 5.32 Å². The van der Waals surface area contributed by atoms with Crippen LogP contribution in [0.1, 0.15) is 13.8 Å². The van der Waals surface area contributed by atoms with Gasteiger partial charge in [0.25, 0.3) is 5.79 Å². The molecule has 1 aromatic heterocycles. The van der Waals surface area contributed by atoms with E-state index >= 15 is 0 Å². The second-order valence-electron chi connectivity index (χ2n) is 5.38. The van der Waals surface area contributed by atoms with Crippen molar-refractivity contribution in [3.63, 3.8) is 0 Å². The van der Waals surface area contributed by atoms with Crippen molar-refractivity contribution in [1.29, 1.82) is 0 Å². The first-order valence-corrected chi connectivity index (χ1v) is 7.63. The lowest BCUT2D eigenvalue weighted by Crippen LogP contribution is -2.42. The quantitative estimate of drug-likeness (QED) is 0.492. The van der Waals surface area contributed by atoms with Crippen LogP contribution in [-0.2, 0) is 19.1 Å². The van der Waals surface area contributed by atoms with Gasteiger partial charge in [-0.25, -0.2) is 9.59 Å². The van der Waals surface area contributed by atoms with E-state index in [2.05, 4.69) is 26.2 Å². The number of aromatic nitrogens is 1. The Bertz CT molecular complexity index is 823. The Hall–Kier alpha value is -2.41. The Kier molecular flexibility index (Phi) is 3.81. The van der Waals surface area contributed by atoms with Gasteiger partial charge in [-0.2, -0.15) is 0 Å². The number of hydrogen-bond donors (Lipinski definition) is 1. The van der Waals surface area contributed by atoms with Crippen LogP contribution in [0.3, 0.4) is 0 Å². The highest BCUT2D eigenvalue weighted by Crippen LogP contribution is 2.31. The van der Waals surface area contributed by atoms with Crippen molar-refractivity contribution in [2.24, 2.45) is 0 Å². The molecule has 118 valence electrons. The van der Waals surface area contributed by atoms with Gasteiger partial charge in [0.05, 0.1) is 15.7 Å². The summed E-state index contributed by atoms with van der Waals surface area (Å²) in [6.45, 7) is 3.00. The Morgan fingerprint density at radius 3 is 2.57 bits per heavy atom. The number of rotatable bonds is 2. The number of anilines is 1. The molecule has 0 bridgehead atoms. The molecule has 0 aliphatic carbocycles. The number of carbonyl (C=O) groups excluding carboxylic acids is 2. The number of nitrogens with zero attached hydrogens (tertiary/aromatic N) is 1. The predicted octanol–water partition coefficient (Wildman–Crippen LogP) is 3.13. The first-order chi connectivity index (χ1) is 10.9. The normalized spacial score (nSPS) is 16.7. The zero-order valence-corrected chi connectivity index (χ0v) is 14.0. The molecular weight excluding hydrogens is 364 g/mol. The topological polar surface area (TPSA) is 77.5 Å².